The number of carbonyl (C=O) groups excluding carboxylic acids is 1. The molecule has 0 atom stereocenters. The summed E-state index contributed by atoms with van der Waals surface area (Å²) in [5, 5.41) is 6.11. The van der Waals surface area contributed by atoms with Crippen molar-refractivity contribution in [3.63, 3.8) is 0 Å². The number of hydrogen-bond donors (Lipinski definition) is 2. The maximum Gasteiger partial charge on any atom is 0.224 e. The largest absolute Gasteiger partial charge is 0.344 e. The lowest BCUT2D eigenvalue weighted by Gasteiger charge is -2.21. The quantitative estimate of drug-likeness (QED) is 0.864. The third-order valence-electron chi connectivity index (χ3n) is 3.95. The van der Waals surface area contributed by atoms with Gasteiger partial charge in [0, 0.05) is 17.7 Å². The van der Waals surface area contributed by atoms with Gasteiger partial charge in [0.05, 0.1) is 11.4 Å². The molecule has 4 heteroatoms. The zero-order valence-electron chi connectivity index (χ0n) is 13.8. The fourth-order valence-electron chi connectivity index (χ4n) is 2.85. The average molecular weight is 319 g/mol. The normalized spacial score (nSPS) is 12.9. The number of rotatable bonds is 5. The van der Waals surface area contributed by atoms with E-state index < -0.39 is 0 Å². The summed E-state index contributed by atoms with van der Waals surface area (Å²) < 4.78 is 0. The average Bonchev–Trinajstić information content (AvgIpc) is 2.55. The molecule has 2 N–H and O–H groups in total. The molecule has 4 nitrogen and oxygen atoms in total. The predicted molar refractivity (Wildman–Crippen MR) is 99.4 cm³/mol. The number of hydrogen-bond acceptors (Lipinski definition) is 3. The SMILES string of the molecule is C=C1NC(C)=Nc2cccc(NC(=O)CCCc3ccccc3)c21. The van der Waals surface area contributed by atoms with Crippen LogP contribution in [0.4, 0.5) is 11.4 Å². The number of amides is 1. The van der Waals surface area contributed by atoms with Crippen LogP contribution in [0.1, 0.15) is 30.9 Å². The van der Waals surface area contributed by atoms with Crippen molar-refractivity contribution in [2.45, 2.75) is 26.2 Å². The number of aliphatic imine (C=N–C) groups is 1. The molecule has 0 radical (unpaired) electrons. The van der Waals surface area contributed by atoms with Crippen LogP contribution < -0.4 is 10.6 Å². The number of nitrogens with one attached hydrogen (secondary N) is 2. The molecule has 1 aliphatic rings. The Morgan fingerprint density at radius 1 is 1.17 bits per heavy atom. The van der Waals surface area contributed by atoms with Crippen LogP contribution in [0.3, 0.4) is 0 Å². The summed E-state index contributed by atoms with van der Waals surface area (Å²) in [7, 11) is 0. The van der Waals surface area contributed by atoms with E-state index in [1.807, 2.05) is 43.3 Å². The Hall–Kier alpha value is -2.88. The first-order valence-corrected chi connectivity index (χ1v) is 8.12. The minimum atomic E-state index is 0.0124. The third kappa shape index (κ3) is 3.71. The molecule has 0 aliphatic carbocycles. The first-order chi connectivity index (χ1) is 11.6. The van der Waals surface area contributed by atoms with E-state index in [-0.39, 0.29) is 5.91 Å². The maximum atomic E-state index is 12.3. The second-order valence-corrected chi connectivity index (χ2v) is 5.89. The topological polar surface area (TPSA) is 53.5 Å². The fourth-order valence-corrected chi connectivity index (χ4v) is 2.85. The Morgan fingerprint density at radius 3 is 2.75 bits per heavy atom. The van der Waals surface area contributed by atoms with Gasteiger partial charge in [-0.2, -0.15) is 0 Å². The van der Waals surface area contributed by atoms with Crippen LogP contribution in [-0.2, 0) is 11.2 Å². The lowest BCUT2D eigenvalue weighted by Crippen LogP contribution is -2.23. The molecule has 1 amide bonds. The highest BCUT2D eigenvalue weighted by Gasteiger charge is 2.17. The van der Waals surface area contributed by atoms with E-state index in [1.165, 1.54) is 5.56 Å². The predicted octanol–water partition coefficient (Wildman–Crippen LogP) is 4.27. The molecule has 2 aromatic rings. The molecule has 3 rings (SSSR count). The molecule has 2 aromatic carbocycles. The summed E-state index contributed by atoms with van der Waals surface area (Å²) in [4.78, 5) is 16.7. The molecule has 0 unspecified atom stereocenters. The highest BCUT2D eigenvalue weighted by molar-refractivity contribution is 6.02. The second kappa shape index (κ2) is 7.13. The summed E-state index contributed by atoms with van der Waals surface area (Å²) >= 11 is 0. The second-order valence-electron chi connectivity index (χ2n) is 5.89. The van der Waals surface area contributed by atoms with E-state index in [1.54, 1.807) is 0 Å². The van der Waals surface area contributed by atoms with Crippen LogP contribution >= 0.6 is 0 Å². The number of benzene rings is 2. The van der Waals surface area contributed by atoms with Gasteiger partial charge < -0.3 is 10.6 Å². The van der Waals surface area contributed by atoms with Gasteiger partial charge in [-0.15, -0.1) is 0 Å². The molecule has 0 aromatic heterocycles. The summed E-state index contributed by atoms with van der Waals surface area (Å²) in [5.74, 6) is 0.817. The van der Waals surface area contributed by atoms with Gasteiger partial charge in [-0.05, 0) is 37.5 Å². The zero-order chi connectivity index (χ0) is 16.9. The van der Waals surface area contributed by atoms with Crippen molar-refractivity contribution in [1.29, 1.82) is 0 Å². The fraction of sp³-hybridized carbons (Fsp3) is 0.200. The molecule has 1 aliphatic heterocycles. The summed E-state index contributed by atoms with van der Waals surface area (Å²) in [6, 6.07) is 15.9. The van der Waals surface area contributed by atoms with Gasteiger partial charge in [0.2, 0.25) is 5.91 Å². The van der Waals surface area contributed by atoms with Crippen molar-refractivity contribution in [2.24, 2.45) is 4.99 Å². The number of aryl methyl sites for hydroxylation is 1. The van der Waals surface area contributed by atoms with E-state index in [2.05, 4.69) is 34.3 Å². The first kappa shape index (κ1) is 16.0. The Morgan fingerprint density at radius 2 is 1.96 bits per heavy atom. The van der Waals surface area contributed by atoms with Crippen LogP contribution in [0.5, 0.6) is 0 Å². The monoisotopic (exact) mass is 319 g/mol. The van der Waals surface area contributed by atoms with Gasteiger partial charge in [0.1, 0.15) is 5.84 Å². The van der Waals surface area contributed by atoms with Gasteiger partial charge in [-0.1, -0.05) is 43.0 Å². The number of carbonyl (C=O) groups is 1. The van der Waals surface area contributed by atoms with Gasteiger partial charge >= 0.3 is 0 Å². The van der Waals surface area contributed by atoms with E-state index in [0.29, 0.717) is 6.42 Å². The maximum absolute atomic E-state index is 12.3. The Bertz CT molecular complexity index is 794. The Balaban J connectivity index is 1.63. The van der Waals surface area contributed by atoms with Crippen molar-refractivity contribution in [3.05, 3.63) is 66.2 Å². The zero-order valence-corrected chi connectivity index (χ0v) is 13.8. The van der Waals surface area contributed by atoms with Gasteiger partial charge in [-0.3, -0.25) is 4.79 Å². The molecular formula is C20H21N3O. The van der Waals surface area contributed by atoms with Crippen LogP contribution in [0.2, 0.25) is 0 Å². The lowest BCUT2D eigenvalue weighted by molar-refractivity contribution is -0.116. The van der Waals surface area contributed by atoms with Gasteiger partial charge in [0.15, 0.2) is 0 Å². The summed E-state index contributed by atoms with van der Waals surface area (Å²) in [6.07, 6.45) is 2.21. The van der Waals surface area contributed by atoms with Crippen LogP contribution in [0.25, 0.3) is 5.70 Å². The number of nitrogens with zero attached hydrogens (tertiary/aromatic N) is 1. The smallest absolute Gasteiger partial charge is 0.224 e. The van der Waals surface area contributed by atoms with Crippen LogP contribution in [-0.4, -0.2) is 11.7 Å². The minimum absolute atomic E-state index is 0.0124. The van der Waals surface area contributed by atoms with E-state index >= 15 is 0 Å². The molecule has 0 saturated carbocycles. The number of fused-ring (bicyclic) bond motifs is 1. The molecular weight excluding hydrogens is 298 g/mol. The van der Waals surface area contributed by atoms with Gasteiger partial charge in [0.25, 0.3) is 0 Å². The van der Waals surface area contributed by atoms with Crippen molar-refractivity contribution in [2.75, 3.05) is 5.32 Å². The summed E-state index contributed by atoms with van der Waals surface area (Å²) in [6.45, 7) is 5.92. The molecule has 1 heterocycles. The molecule has 122 valence electrons. The summed E-state index contributed by atoms with van der Waals surface area (Å²) in [5.41, 5.74) is 4.46. The molecule has 0 fully saturated rings. The molecule has 24 heavy (non-hydrogen) atoms. The molecule has 0 bridgehead atoms. The van der Waals surface area contributed by atoms with Crippen LogP contribution in [0, 0.1) is 0 Å². The number of anilines is 1. The Labute approximate surface area is 142 Å². The van der Waals surface area contributed by atoms with E-state index in [4.69, 9.17) is 0 Å². The van der Waals surface area contributed by atoms with Crippen molar-refractivity contribution in [3.8, 4) is 0 Å². The van der Waals surface area contributed by atoms with Crippen molar-refractivity contribution in [1.82, 2.24) is 5.32 Å². The van der Waals surface area contributed by atoms with E-state index in [0.717, 1.165) is 41.3 Å². The van der Waals surface area contributed by atoms with Crippen molar-refractivity contribution < 1.29 is 4.79 Å². The molecule has 0 spiro atoms. The van der Waals surface area contributed by atoms with Crippen LogP contribution in [0.15, 0.2) is 60.1 Å². The van der Waals surface area contributed by atoms with Gasteiger partial charge in [-0.25, -0.2) is 4.99 Å². The third-order valence-corrected chi connectivity index (χ3v) is 3.95. The number of amidine groups is 1. The minimum Gasteiger partial charge on any atom is -0.344 e. The lowest BCUT2D eigenvalue weighted by atomic mass is 10.1. The highest BCUT2D eigenvalue weighted by atomic mass is 16.1. The highest BCUT2D eigenvalue weighted by Crippen LogP contribution is 2.34. The van der Waals surface area contributed by atoms with Crippen molar-refractivity contribution >= 4 is 28.8 Å². The first-order valence-electron chi connectivity index (χ1n) is 8.12. The Kier molecular flexibility index (Phi) is 4.75. The standard InChI is InChI=1S/C20H21N3O/c1-14-20-17(22-15(2)21-14)11-7-12-18(20)23-19(24)13-6-10-16-8-4-3-5-9-16/h3-5,7-9,11-12H,1,6,10,13H2,2H3,(H,21,22)(H,23,24). The van der Waals surface area contributed by atoms with E-state index in [9.17, 15) is 4.79 Å². The molecule has 0 saturated heterocycles.